The second kappa shape index (κ2) is 4.34. The monoisotopic (exact) mass is 226 g/mol. The minimum absolute atomic E-state index is 0.130. The molecule has 0 aromatic heterocycles. The maximum absolute atomic E-state index is 12.0. The summed E-state index contributed by atoms with van der Waals surface area (Å²) in [6.45, 7) is 1.40. The van der Waals surface area contributed by atoms with E-state index < -0.39 is 0 Å². The fourth-order valence-electron chi connectivity index (χ4n) is 2.51. The number of amides is 1. The van der Waals surface area contributed by atoms with Crippen molar-refractivity contribution in [3.8, 4) is 0 Å². The molecule has 2 rings (SSSR count). The first-order valence-electron chi connectivity index (χ1n) is 6.26. The Morgan fingerprint density at radius 3 is 2.38 bits per heavy atom. The summed E-state index contributed by atoms with van der Waals surface area (Å²) in [5, 5.41) is 12.0. The normalized spacial score (nSPS) is 24.6. The number of nitrogens with one attached hydrogen (secondary N) is 1. The smallest absolute Gasteiger partial charge is 0.227 e. The first kappa shape index (κ1) is 11.9. The molecule has 0 aromatic rings. The van der Waals surface area contributed by atoms with E-state index in [2.05, 4.69) is 5.32 Å². The van der Waals surface area contributed by atoms with Crippen LogP contribution < -0.4 is 11.1 Å². The Kier molecular flexibility index (Phi) is 3.22. The first-order valence-corrected chi connectivity index (χ1v) is 6.26. The summed E-state index contributed by atoms with van der Waals surface area (Å²) in [4.78, 5) is 12.0. The van der Waals surface area contributed by atoms with Crippen molar-refractivity contribution < 1.29 is 9.90 Å². The summed E-state index contributed by atoms with van der Waals surface area (Å²) in [6, 6.07) is 0. The van der Waals surface area contributed by atoms with Gasteiger partial charge in [-0.15, -0.1) is 0 Å². The average molecular weight is 226 g/mol. The molecule has 2 saturated carbocycles. The molecule has 0 bridgehead atoms. The molecule has 0 saturated heterocycles. The largest absolute Gasteiger partial charge is 0.396 e. The van der Waals surface area contributed by atoms with Gasteiger partial charge in [0.2, 0.25) is 5.91 Å². The van der Waals surface area contributed by atoms with Crippen molar-refractivity contribution in [2.24, 2.45) is 16.6 Å². The molecule has 0 unspecified atom stereocenters. The van der Waals surface area contributed by atoms with E-state index in [1.165, 1.54) is 0 Å². The van der Waals surface area contributed by atoms with E-state index in [0.717, 1.165) is 38.5 Å². The van der Waals surface area contributed by atoms with Gasteiger partial charge in [0.05, 0.1) is 5.41 Å². The Morgan fingerprint density at radius 2 is 2.00 bits per heavy atom. The van der Waals surface area contributed by atoms with Crippen LogP contribution in [0.15, 0.2) is 0 Å². The Bertz CT molecular complexity index is 265. The van der Waals surface area contributed by atoms with Gasteiger partial charge in [0.15, 0.2) is 0 Å². The van der Waals surface area contributed by atoms with Gasteiger partial charge in [-0.3, -0.25) is 4.79 Å². The van der Waals surface area contributed by atoms with Gasteiger partial charge in [-0.05, 0) is 37.5 Å². The van der Waals surface area contributed by atoms with E-state index in [-0.39, 0.29) is 23.3 Å². The maximum Gasteiger partial charge on any atom is 0.227 e. The van der Waals surface area contributed by atoms with Crippen molar-refractivity contribution in [3.63, 3.8) is 0 Å². The molecule has 4 nitrogen and oxygen atoms in total. The molecule has 0 radical (unpaired) electrons. The zero-order valence-electron chi connectivity index (χ0n) is 9.80. The Balaban J connectivity index is 1.79. The van der Waals surface area contributed by atoms with Gasteiger partial charge in [0, 0.05) is 19.7 Å². The maximum atomic E-state index is 12.0. The molecule has 0 spiro atoms. The SMILES string of the molecule is NCC1(C(=O)NCC2(CCO)CC2)CCC1. The molecule has 1 amide bonds. The summed E-state index contributed by atoms with van der Waals surface area (Å²) in [5.41, 5.74) is 5.61. The van der Waals surface area contributed by atoms with E-state index >= 15 is 0 Å². The minimum Gasteiger partial charge on any atom is -0.396 e. The third-order valence-electron chi connectivity index (χ3n) is 4.41. The highest BCUT2D eigenvalue weighted by Crippen LogP contribution is 2.48. The van der Waals surface area contributed by atoms with Gasteiger partial charge in [-0.25, -0.2) is 0 Å². The van der Waals surface area contributed by atoms with Crippen molar-refractivity contribution >= 4 is 5.91 Å². The highest BCUT2D eigenvalue weighted by atomic mass is 16.3. The predicted molar refractivity (Wildman–Crippen MR) is 61.7 cm³/mol. The van der Waals surface area contributed by atoms with Crippen molar-refractivity contribution in [2.75, 3.05) is 19.7 Å². The van der Waals surface area contributed by atoms with Crippen molar-refractivity contribution in [1.29, 1.82) is 0 Å². The van der Waals surface area contributed by atoms with E-state index in [4.69, 9.17) is 10.8 Å². The van der Waals surface area contributed by atoms with Crippen LogP contribution in [0.2, 0.25) is 0 Å². The van der Waals surface area contributed by atoms with Crippen LogP contribution in [-0.4, -0.2) is 30.7 Å². The Hall–Kier alpha value is -0.610. The van der Waals surface area contributed by atoms with E-state index in [9.17, 15) is 4.79 Å². The topological polar surface area (TPSA) is 75.4 Å². The quantitative estimate of drug-likeness (QED) is 0.613. The summed E-state index contributed by atoms with van der Waals surface area (Å²) < 4.78 is 0. The second-order valence-electron chi connectivity index (χ2n) is 5.49. The van der Waals surface area contributed by atoms with Crippen molar-refractivity contribution in [3.05, 3.63) is 0 Å². The van der Waals surface area contributed by atoms with Crippen LogP contribution in [0.1, 0.15) is 38.5 Å². The Labute approximate surface area is 96.6 Å². The van der Waals surface area contributed by atoms with Crippen molar-refractivity contribution in [2.45, 2.75) is 38.5 Å². The molecule has 4 N–H and O–H groups in total. The number of rotatable bonds is 6. The molecule has 16 heavy (non-hydrogen) atoms. The van der Waals surface area contributed by atoms with Gasteiger partial charge >= 0.3 is 0 Å². The van der Waals surface area contributed by atoms with Crippen LogP contribution >= 0.6 is 0 Å². The van der Waals surface area contributed by atoms with Gasteiger partial charge in [-0.1, -0.05) is 6.42 Å². The predicted octanol–water partition coefficient (Wildman–Crippen LogP) is 0.394. The summed E-state index contributed by atoms with van der Waals surface area (Å²) in [7, 11) is 0. The number of aliphatic hydroxyl groups excluding tert-OH is 1. The van der Waals surface area contributed by atoms with E-state index in [0.29, 0.717) is 13.1 Å². The molecule has 2 aliphatic rings. The number of nitrogens with two attached hydrogens (primary N) is 1. The highest BCUT2D eigenvalue weighted by molar-refractivity contribution is 5.83. The van der Waals surface area contributed by atoms with Crippen LogP contribution in [0.25, 0.3) is 0 Å². The molecule has 0 aliphatic heterocycles. The standard InChI is InChI=1S/C12H22N2O2/c13-8-12(2-1-3-12)10(16)14-9-11(4-5-11)6-7-15/h15H,1-9,13H2,(H,14,16). The van der Waals surface area contributed by atoms with Crippen LogP contribution in [0.3, 0.4) is 0 Å². The molecule has 0 atom stereocenters. The lowest BCUT2D eigenvalue weighted by atomic mass is 9.68. The van der Waals surface area contributed by atoms with Crippen LogP contribution in [-0.2, 0) is 4.79 Å². The van der Waals surface area contributed by atoms with Gasteiger partial charge in [0.25, 0.3) is 0 Å². The summed E-state index contributed by atoms with van der Waals surface area (Å²) in [6.07, 6.45) is 6.05. The Morgan fingerprint density at radius 1 is 1.31 bits per heavy atom. The fourth-order valence-corrected chi connectivity index (χ4v) is 2.51. The fraction of sp³-hybridized carbons (Fsp3) is 0.917. The lowest BCUT2D eigenvalue weighted by molar-refractivity contribution is -0.135. The average Bonchev–Trinajstić information content (AvgIpc) is 2.95. The zero-order chi connectivity index (χ0) is 11.6. The van der Waals surface area contributed by atoms with E-state index in [1.807, 2.05) is 0 Å². The first-order chi connectivity index (χ1) is 7.66. The van der Waals surface area contributed by atoms with Crippen LogP contribution in [0, 0.1) is 10.8 Å². The zero-order valence-corrected chi connectivity index (χ0v) is 9.80. The molecule has 92 valence electrons. The van der Waals surface area contributed by atoms with Gasteiger partial charge < -0.3 is 16.2 Å². The lowest BCUT2D eigenvalue weighted by Crippen LogP contribution is -2.51. The molecule has 4 heteroatoms. The number of hydrogen-bond donors (Lipinski definition) is 3. The molecule has 0 heterocycles. The second-order valence-corrected chi connectivity index (χ2v) is 5.49. The number of carbonyl (C=O) groups excluding carboxylic acids is 1. The summed E-state index contributed by atoms with van der Waals surface area (Å²) in [5.74, 6) is 0.130. The van der Waals surface area contributed by atoms with Gasteiger partial charge in [-0.2, -0.15) is 0 Å². The van der Waals surface area contributed by atoms with E-state index in [1.54, 1.807) is 0 Å². The lowest BCUT2D eigenvalue weighted by Gasteiger charge is -2.39. The van der Waals surface area contributed by atoms with Crippen LogP contribution in [0.5, 0.6) is 0 Å². The summed E-state index contributed by atoms with van der Waals surface area (Å²) >= 11 is 0. The highest BCUT2D eigenvalue weighted by Gasteiger charge is 2.46. The number of aliphatic hydroxyl groups is 1. The molecule has 2 fully saturated rings. The number of carbonyl (C=O) groups is 1. The third kappa shape index (κ3) is 2.09. The molecule has 2 aliphatic carbocycles. The third-order valence-corrected chi connectivity index (χ3v) is 4.41. The van der Waals surface area contributed by atoms with Crippen molar-refractivity contribution in [1.82, 2.24) is 5.32 Å². The molecular formula is C12H22N2O2. The molecular weight excluding hydrogens is 204 g/mol. The molecule has 0 aromatic carbocycles. The minimum atomic E-state index is -0.269. The van der Waals surface area contributed by atoms with Gasteiger partial charge in [0.1, 0.15) is 0 Å². The number of hydrogen-bond acceptors (Lipinski definition) is 3. The van der Waals surface area contributed by atoms with Crippen LogP contribution in [0.4, 0.5) is 0 Å².